The third kappa shape index (κ3) is 2.00. The van der Waals surface area contributed by atoms with Gasteiger partial charge in [0, 0.05) is 0 Å². The molecule has 0 fully saturated rings. The molecule has 0 aliphatic carbocycles. The second kappa shape index (κ2) is 4.16. The van der Waals surface area contributed by atoms with Crippen molar-refractivity contribution in [2.45, 2.75) is 26.7 Å². The summed E-state index contributed by atoms with van der Waals surface area (Å²) in [6.45, 7) is 5.87. The Morgan fingerprint density at radius 2 is 2.06 bits per heavy atom. The molecule has 0 bridgehead atoms. The van der Waals surface area contributed by atoms with Gasteiger partial charge in [0.15, 0.2) is 5.82 Å². The molecule has 0 radical (unpaired) electrons. The Hall–Kier alpha value is -1.91. The third-order valence-electron chi connectivity index (χ3n) is 2.67. The van der Waals surface area contributed by atoms with E-state index in [1.54, 1.807) is 10.7 Å². The third-order valence-corrected chi connectivity index (χ3v) is 2.67. The average molecular weight is 234 g/mol. The van der Waals surface area contributed by atoms with Gasteiger partial charge < -0.3 is 5.73 Å². The quantitative estimate of drug-likeness (QED) is 0.868. The van der Waals surface area contributed by atoms with E-state index >= 15 is 0 Å². The fourth-order valence-electron chi connectivity index (χ4n) is 1.88. The van der Waals surface area contributed by atoms with E-state index < -0.39 is 0 Å². The summed E-state index contributed by atoms with van der Waals surface area (Å²) in [5, 5.41) is 7.89. The van der Waals surface area contributed by atoms with Crippen LogP contribution in [-0.2, 0) is 0 Å². The number of aryl methyl sites for hydroxylation is 1. The van der Waals surface area contributed by atoms with Crippen LogP contribution in [-0.4, -0.2) is 15.0 Å². The smallest absolute Gasteiger partial charge is 0.169 e. The van der Waals surface area contributed by atoms with Gasteiger partial charge in [-0.3, -0.25) is 0 Å². The fraction of sp³-hybridized carbons (Fsp3) is 0.333. The first-order valence-corrected chi connectivity index (χ1v) is 5.48. The van der Waals surface area contributed by atoms with Crippen molar-refractivity contribution in [3.05, 3.63) is 35.3 Å². The molecule has 1 heterocycles. The van der Waals surface area contributed by atoms with Crippen molar-refractivity contribution in [3.63, 3.8) is 0 Å². The molecule has 17 heavy (non-hydrogen) atoms. The maximum absolute atomic E-state index is 13.1. The first kappa shape index (κ1) is 11.6. The maximum Gasteiger partial charge on any atom is 0.169 e. The molecule has 0 saturated heterocycles. The molecule has 5 heteroatoms. The molecule has 2 rings (SSSR count). The number of anilines is 1. The number of halogens is 1. The molecular weight excluding hydrogens is 219 g/mol. The Morgan fingerprint density at radius 3 is 2.65 bits per heavy atom. The van der Waals surface area contributed by atoms with Crippen LogP contribution in [0.4, 0.5) is 10.2 Å². The number of nitrogens with two attached hydrogens (primary N) is 1. The second-order valence-electron chi connectivity index (χ2n) is 4.36. The summed E-state index contributed by atoms with van der Waals surface area (Å²) in [5.74, 6) is 0.364. The highest BCUT2D eigenvalue weighted by atomic mass is 19.1. The zero-order valence-corrected chi connectivity index (χ0v) is 10.1. The lowest BCUT2D eigenvalue weighted by Crippen LogP contribution is -2.07. The highest BCUT2D eigenvalue weighted by Crippen LogP contribution is 2.24. The van der Waals surface area contributed by atoms with Crippen LogP contribution < -0.4 is 5.73 Å². The van der Waals surface area contributed by atoms with Gasteiger partial charge in [0.2, 0.25) is 0 Å². The van der Waals surface area contributed by atoms with Crippen molar-refractivity contribution in [1.29, 1.82) is 0 Å². The number of hydrogen-bond acceptors (Lipinski definition) is 3. The van der Waals surface area contributed by atoms with Crippen molar-refractivity contribution in [2.75, 3.05) is 5.73 Å². The molecule has 0 atom stereocenters. The Labute approximate surface area is 99.2 Å². The van der Waals surface area contributed by atoms with Crippen LogP contribution in [0.3, 0.4) is 0 Å². The predicted molar refractivity (Wildman–Crippen MR) is 64.6 cm³/mol. The van der Waals surface area contributed by atoms with Crippen LogP contribution in [0.1, 0.15) is 31.0 Å². The van der Waals surface area contributed by atoms with Crippen molar-refractivity contribution in [1.82, 2.24) is 15.0 Å². The first-order valence-electron chi connectivity index (χ1n) is 5.48. The lowest BCUT2D eigenvalue weighted by Gasteiger charge is -2.11. The molecule has 1 aromatic carbocycles. The molecular formula is C12H15FN4. The van der Waals surface area contributed by atoms with Crippen LogP contribution in [0.25, 0.3) is 5.69 Å². The number of rotatable bonds is 2. The van der Waals surface area contributed by atoms with Crippen LogP contribution in [0.15, 0.2) is 18.2 Å². The van der Waals surface area contributed by atoms with Gasteiger partial charge in [-0.2, -0.15) is 0 Å². The molecule has 90 valence electrons. The van der Waals surface area contributed by atoms with E-state index in [4.69, 9.17) is 5.73 Å². The van der Waals surface area contributed by atoms with Crippen molar-refractivity contribution in [3.8, 4) is 5.69 Å². The number of benzene rings is 1. The zero-order valence-electron chi connectivity index (χ0n) is 10.1. The summed E-state index contributed by atoms with van der Waals surface area (Å²) < 4.78 is 14.7. The van der Waals surface area contributed by atoms with Gasteiger partial charge in [-0.25, -0.2) is 9.07 Å². The fourth-order valence-corrected chi connectivity index (χ4v) is 1.88. The Bertz CT molecular complexity index is 545. The second-order valence-corrected chi connectivity index (χ2v) is 4.36. The molecule has 0 aliphatic heterocycles. The van der Waals surface area contributed by atoms with Crippen molar-refractivity contribution >= 4 is 5.82 Å². The van der Waals surface area contributed by atoms with Gasteiger partial charge in [-0.1, -0.05) is 19.1 Å². The van der Waals surface area contributed by atoms with E-state index in [0.717, 1.165) is 16.9 Å². The number of nitrogen functional groups attached to an aromatic ring is 1. The van der Waals surface area contributed by atoms with Crippen LogP contribution in [0.5, 0.6) is 0 Å². The van der Waals surface area contributed by atoms with Gasteiger partial charge in [0.25, 0.3) is 0 Å². The summed E-state index contributed by atoms with van der Waals surface area (Å²) >= 11 is 0. The first-order chi connectivity index (χ1) is 8.00. The SMILES string of the molecule is Cc1cc(F)ccc1-n1nnc(N)c1C(C)C. The summed E-state index contributed by atoms with van der Waals surface area (Å²) in [6.07, 6.45) is 0. The lowest BCUT2D eigenvalue weighted by molar-refractivity contribution is 0.624. The molecule has 2 aromatic rings. The monoisotopic (exact) mass is 234 g/mol. The van der Waals surface area contributed by atoms with E-state index in [0.29, 0.717) is 5.82 Å². The van der Waals surface area contributed by atoms with E-state index in [1.165, 1.54) is 12.1 Å². The summed E-state index contributed by atoms with van der Waals surface area (Å²) in [6, 6.07) is 4.56. The lowest BCUT2D eigenvalue weighted by atomic mass is 10.1. The van der Waals surface area contributed by atoms with Gasteiger partial charge in [0.1, 0.15) is 5.82 Å². The van der Waals surface area contributed by atoms with E-state index in [2.05, 4.69) is 10.3 Å². The Balaban J connectivity index is 2.61. The number of nitrogens with zero attached hydrogens (tertiary/aromatic N) is 3. The standard InChI is InChI=1S/C12H15FN4/c1-7(2)11-12(14)15-16-17(11)10-5-4-9(13)6-8(10)3/h4-7H,14H2,1-3H3. The van der Waals surface area contributed by atoms with Gasteiger partial charge in [0.05, 0.1) is 11.4 Å². The molecule has 1 aromatic heterocycles. The van der Waals surface area contributed by atoms with Gasteiger partial charge in [-0.05, 0) is 36.6 Å². The minimum atomic E-state index is -0.259. The highest BCUT2D eigenvalue weighted by Gasteiger charge is 2.16. The largest absolute Gasteiger partial charge is 0.381 e. The van der Waals surface area contributed by atoms with E-state index in [-0.39, 0.29) is 11.7 Å². The van der Waals surface area contributed by atoms with E-state index in [9.17, 15) is 4.39 Å². The number of aromatic nitrogens is 3. The van der Waals surface area contributed by atoms with Gasteiger partial charge >= 0.3 is 0 Å². The highest BCUT2D eigenvalue weighted by molar-refractivity contribution is 5.46. The summed E-state index contributed by atoms with van der Waals surface area (Å²) in [4.78, 5) is 0. The predicted octanol–water partition coefficient (Wildman–Crippen LogP) is 2.42. The molecule has 2 N–H and O–H groups in total. The van der Waals surface area contributed by atoms with Crippen LogP contribution in [0, 0.1) is 12.7 Å². The Kier molecular flexibility index (Phi) is 2.83. The molecule has 0 saturated carbocycles. The average Bonchev–Trinajstić information content (AvgIpc) is 2.60. The normalized spacial score (nSPS) is 11.1. The summed E-state index contributed by atoms with van der Waals surface area (Å²) in [5.41, 5.74) is 8.25. The van der Waals surface area contributed by atoms with Crippen molar-refractivity contribution < 1.29 is 4.39 Å². The van der Waals surface area contributed by atoms with Gasteiger partial charge in [-0.15, -0.1) is 5.10 Å². The van der Waals surface area contributed by atoms with Crippen LogP contribution >= 0.6 is 0 Å². The van der Waals surface area contributed by atoms with Crippen molar-refractivity contribution in [2.24, 2.45) is 0 Å². The maximum atomic E-state index is 13.1. The molecule has 0 spiro atoms. The summed E-state index contributed by atoms with van der Waals surface area (Å²) in [7, 11) is 0. The van der Waals surface area contributed by atoms with E-state index in [1.807, 2.05) is 20.8 Å². The minimum absolute atomic E-state index is 0.203. The molecule has 0 amide bonds. The molecule has 4 nitrogen and oxygen atoms in total. The van der Waals surface area contributed by atoms with Crippen LogP contribution in [0.2, 0.25) is 0 Å². The Morgan fingerprint density at radius 1 is 1.35 bits per heavy atom. The zero-order chi connectivity index (χ0) is 12.6. The topological polar surface area (TPSA) is 56.7 Å². The number of hydrogen-bond donors (Lipinski definition) is 1. The molecule has 0 aliphatic rings. The molecule has 0 unspecified atom stereocenters. The minimum Gasteiger partial charge on any atom is -0.381 e.